The van der Waals surface area contributed by atoms with E-state index in [1.807, 2.05) is 18.4 Å². The summed E-state index contributed by atoms with van der Waals surface area (Å²) in [4.78, 5) is 8.50. The number of thiazole rings is 1. The zero-order valence-electron chi connectivity index (χ0n) is 13.0. The Hall–Kier alpha value is -1.39. The van der Waals surface area contributed by atoms with Crippen LogP contribution in [0.5, 0.6) is 0 Å². The molecule has 1 aliphatic carbocycles. The van der Waals surface area contributed by atoms with Crippen molar-refractivity contribution in [3.8, 4) is 0 Å². The van der Waals surface area contributed by atoms with E-state index in [1.54, 1.807) is 0 Å². The van der Waals surface area contributed by atoms with Crippen LogP contribution in [0.2, 0.25) is 0 Å². The molecule has 0 fully saturated rings. The number of aromatic nitrogens is 1. The van der Waals surface area contributed by atoms with E-state index in [-0.39, 0.29) is 0 Å². The van der Waals surface area contributed by atoms with Gasteiger partial charge in [0.2, 0.25) is 0 Å². The summed E-state index contributed by atoms with van der Waals surface area (Å²) in [6.45, 7) is 2.19. The van der Waals surface area contributed by atoms with Gasteiger partial charge < -0.3 is 10.2 Å². The maximum Gasteiger partial charge on any atom is 0.190 e. The third-order valence-electron chi connectivity index (χ3n) is 4.31. The van der Waals surface area contributed by atoms with E-state index in [0.29, 0.717) is 6.04 Å². The van der Waals surface area contributed by atoms with E-state index in [0.717, 1.165) is 18.0 Å². The van der Waals surface area contributed by atoms with Crippen LogP contribution in [0.25, 0.3) is 0 Å². The molecule has 0 saturated carbocycles. The molecule has 3 rings (SSSR count). The normalized spacial score (nSPS) is 17.6. The minimum absolute atomic E-state index is 0.482. The molecular weight excluding hydrogens is 278 g/mol. The van der Waals surface area contributed by atoms with Gasteiger partial charge >= 0.3 is 0 Å². The maximum absolute atomic E-state index is 4.87. The number of anilines is 2. The van der Waals surface area contributed by atoms with Gasteiger partial charge in [-0.1, -0.05) is 30.4 Å². The first-order valence-corrected chi connectivity index (χ1v) is 8.54. The summed E-state index contributed by atoms with van der Waals surface area (Å²) in [6.07, 6.45) is 4.66. The number of fused-ring (bicyclic) bond motifs is 1. The number of hydrogen-bond acceptors (Lipinski definition) is 4. The Labute approximate surface area is 131 Å². The van der Waals surface area contributed by atoms with Crippen LogP contribution in [-0.2, 0) is 12.8 Å². The fraction of sp³-hybridized carbons (Fsp3) is 0.471. The van der Waals surface area contributed by atoms with Crippen LogP contribution < -0.4 is 10.2 Å². The zero-order valence-corrected chi connectivity index (χ0v) is 13.8. The molecular formula is C17H23N3S. The van der Waals surface area contributed by atoms with Gasteiger partial charge in [0.25, 0.3) is 0 Å². The first-order valence-electron chi connectivity index (χ1n) is 7.72. The molecule has 1 N–H and O–H groups in total. The summed E-state index contributed by atoms with van der Waals surface area (Å²) in [5.41, 5.74) is 3.87. The predicted octanol–water partition coefficient (Wildman–Crippen LogP) is 4.07. The summed E-state index contributed by atoms with van der Waals surface area (Å²) in [6, 6.07) is 9.27. The van der Waals surface area contributed by atoms with Crippen molar-refractivity contribution in [2.45, 2.75) is 38.6 Å². The first-order chi connectivity index (χ1) is 10.2. The van der Waals surface area contributed by atoms with Gasteiger partial charge in [-0.2, -0.15) is 0 Å². The van der Waals surface area contributed by atoms with Crippen LogP contribution >= 0.6 is 11.3 Å². The highest BCUT2D eigenvalue weighted by molar-refractivity contribution is 7.15. The van der Waals surface area contributed by atoms with Crippen molar-refractivity contribution in [2.75, 3.05) is 19.0 Å². The summed E-state index contributed by atoms with van der Waals surface area (Å²) >= 11 is 1.83. The van der Waals surface area contributed by atoms with Gasteiger partial charge in [-0.3, -0.25) is 0 Å². The largest absolute Gasteiger partial charge is 0.321 e. The molecule has 0 bridgehead atoms. The molecule has 1 aromatic heterocycles. The second-order valence-electron chi connectivity index (χ2n) is 5.62. The molecule has 0 spiro atoms. The Morgan fingerprint density at radius 2 is 2.10 bits per heavy atom. The second-order valence-corrected chi connectivity index (χ2v) is 6.63. The molecule has 3 nitrogen and oxygen atoms in total. The molecule has 1 aliphatic rings. The van der Waals surface area contributed by atoms with Gasteiger partial charge in [-0.25, -0.2) is 4.98 Å². The Balaban J connectivity index is 1.87. The number of benzene rings is 1. The Morgan fingerprint density at radius 3 is 2.76 bits per heavy atom. The van der Waals surface area contributed by atoms with Crippen LogP contribution in [0.1, 0.15) is 41.9 Å². The number of nitrogens with one attached hydrogen (secondary N) is 1. The highest BCUT2D eigenvalue weighted by atomic mass is 32.1. The molecule has 1 heterocycles. The summed E-state index contributed by atoms with van der Waals surface area (Å²) in [5.74, 6) is 0. The van der Waals surface area contributed by atoms with Gasteiger partial charge in [-0.15, -0.1) is 0 Å². The Bertz CT molecular complexity index is 603. The molecule has 1 atom stereocenters. The van der Waals surface area contributed by atoms with Gasteiger partial charge in [0.15, 0.2) is 5.13 Å². The lowest BCUT2D eigenvalue weighted by Crippen LogP contribution is -2.19. The molecule has 0 amide bonds. The van der Waals surface area contributed by atoms with Crippen molar-refractivity contribution in [1.29, 1.82) is 0 Å². The van der Waals surface area contributed by atoms with E-state index in [2.05, 4.69) is 48.5 Å². The number of rotatable bonds is 4. The van der Waals surface area contributed by atoms with Crippen molar-refractivity contribution in [3.63, 3.8) is 0 Å². The molecule has 21 heavy (non-hydrogen) atoms. The molecule has 4 heteroatoms. The fourth-order valence-electron chi connectivity index (χ4n) is 2.89. The van der Waals surface area contributed by atoms with Gasteiger partial charge in [0.1, 0.15) is 0 Å². The van der Waals surface area contributed by atoms with Crippen LogP contribution in [0.4, 0.5) is 10.8 Å². The van der Waals surface area contributed by atoms with E-state index in [4.69, 9.17) is 4.98 Å². The SMILES string of the molecule is CCc1ccc(N(C)c2nc3c(s2)C(NC)CCC3)cc1. The average molecular weight is 301 g/mol. The van der Waals surface area contributed by atoms with Crippen molar-refractivity contribution in [1.82, 2.24) is 10.3 Å². The van der Waals surface area contributed by atoms with Crippen molar-refractivity contribution >= 4 is 22.2 Å². The second kappa shape index (κ2) is 6.16. The zero-order chi connectivity index (χ0) is 14.8. The topological polar surface area (TPSA) is 28.2 Å². The Kier molecular flexibility index (Phi) is 4.27. The van der Waals surface area contributed by atoms with Gasteiger partial charge in [0.05, 0.1) is 5.69 Å². The Morgan fingerprint density at radius 1 is 1.33 bits per heavy atom. The molecule has 0 radical (unpaired) electrons. The lowest BCUT2D eigenvalue weighted by molar-refractivity contribution is 0.501. The summed E-state index contributed by atoms with van der Waals surface area (Å²) in [5, 5.41) is 4.52. The standard InChI is InChI=1S/C17H23N3S/c1-4-12-8-10-13(11-9-12)20(3)17-19-15-7-5-6-14(18-2)16(15)21-17/h8-11,14,18H,4-7H2,1-3H3. The third kappa shape index (κ3) is 2.83. The van der Waals surface area contributed by atoms with Gasteiger partial charge in [-0.05, 0) is 50.4 Å². The van der Waals surface area contributed by atoms with E-state index in [1.165, 1.54) is 34.7 Å². The molecule has 112 valence electrons. The van der Waals surface area contributed by atoms with Gasteiger partial charge in [0, 0.05) is 23.7 Å². The minimum Gasteiger partial charge on any atom is -0.321 e. The molecule has 2 aromatic rings. The fourth-order valence-corrected chi connectivity index (χ4v) is 4.13. The average Bonchev–Trinajstić information content (AvgIpc) is 2.98. The monoisotopic (exact) mass is 301 g/mol. The number of hydrogen-bond donors (Lipinski definition) is 1. The summed E-state index contributed by atoms with van der Waals surface area (Å²) in [7, 11) is 4.16. The first kappa shape index (κ1) is 14.5. The molecule has 0 saturated heterocycles. The van der Waals surface area contributed by atoms with E-state index < -0.39 is 0 Å². The number of aryl methyl sites for hydroxylation is 2. The molecule has 0 aliphatic heterocycles. The smallest absolute Gasteiger partial charge is 0.190 e. The number of nitrogens with zero attached hydrogens (tertiary/aromatic N) is 2. The summed E-state index contributed by atoms with van der Waals surface area (Å²) < 4.78 is 0. The lowest BCUT2D eigenvalue weighted by atomic mass is 9.98. The molecule has 1 aromatic carbocycles. The third-order valence-corrected chi connectivity index (χ3v) is 5.59. The minimum atomic E-state index is 0.482. The quantitative estimate of drug-likeness (QED) is 0.922. The van der Waals surface area contributed by atoms with Crippen molar-refractivity contribution in [2.24, 2.45) is 0 Å². The van der Waals surface area contributed by atoms with E-state index >= 15 is 0 Å². The maximum atomic E-state index is 4.87. The van der Waals surface area contributed by atoms with Crippen LogP contribution in [-0.4, -0.2) is 19.1 Å². The van der Waals surface area contributed by atoms with Crippen LogP contribution in [0.3, 0.4) is 0 Å². The lowest BCUT2D eigenvalue weighted by Gasteiger charge is -2.19. The predicted molar refractivity (Wildman–Crippen MR) is 90.7 cm³/mol. The highest BCUT2D eigenvalue weighted by Gasteiger charge is 2.24. The van der Waals surface area contributed by atoms with Crippen LogP contribution in [0, 0.1) is 0 Å². The molecule has 1 unspecified atom stereocenters. The van der Waals surface area contributed by atoms with Crippen LogP contribution in [0.15, 0.2) is 24.3 Å². The van der Waals surface area contributed by atoms with Crippen molar-refractivity contribution < 1.29 is 0 Å². The van der Waals surface area contributed by atoms with Crippen molar-refractivity contribution in [3.05, 3.63) is 40.4 Å². The highest BCUT2D eigenvalue weighted by Crippen LogP contribution is 2.38. The van der Waals surface area contributed by atoms with E-state index in [9.17, 15) is 0 Å².